The maximum Gasteiger partial charge on any atom is 0.252 e. The summed E-state index contributed by atoms with van der Waals surface area (Å²) < 4.78 is 4.92. The zero-order valence-corrected chi connectivity index (χ0v) is 59.8. The second kappa shape index (κ2) is 23.9. The molecule has 0 saturated carbocycles. The smallest absolute Gasteiger partial charge is 0.252 e. The molecule has 0 N–H and O–H groups in total. The Balaban J connectivity index is 0.953. The highest BCUT2D eigenvalue weighted by Crippen LogP contribution is 2.51. The summed E-state index contributed by atoms with van der Waals surface area (Å²) in [4.78, 5) is 11.2. The Morgan fingerprint density at radius 2 is 0.784 bits per heavy atom. The van der Waals surface area contributed by atoms with E-state index in [1.807, 2.05) is 0 Å². The average molecular weight is 1330 g/mol. The van der Waals surface area contributed by atoms with E-state index in [0.717, 1.165) is 134 Å². The first-order chi connectivity index (χ1) is 49.4. The molecule has 0 fully saturated rings. The van der Waals surface area contributed by atoms with Crippen molar-refractivity contribution in [2.24, 2.45) is 0 Å². The summed E-state index contributed by atoms with van der Waals surface area (Å²) in [6, 6.07) is 113. The molecule has 2 aliphatic rings. The molecule has 0 radical (unpaired) electrons. The van der Waals surface area contributed by atoms with E-state index in [-0.39, 0.29) is 23.0 Å². The fraction of sp³-hybridized carbons (Fsp3) is 0.126. The Bertz CT molecular complexity index is 5850. The minimum atomic E-state index is -0.276. The first-order valence-corrected chi connectivity index (χ1v) is 36.1. The van der Waals surface area contributed by atoms with Gasteiger partial charge in [-0.2, -0.15) is 0 Å². The minimum Gasteiger partial charge on any atom is -0.311 e. The maximum absolute atomic E-state index is 7.47. The highest BCUT2D eigenvalue weighted by Gasteiger charge is 2.45. The van der Waals surface area contributed by atoms with Crippen molar-refractivity contribution in [1.82, 2.24) is 14.1 Å². The van der Waals surface area contributed by atoms with Crippen LogP contribution in [0.25, 0.3) is 111 Å². The zero-order chi connectivity index (χ0) is 69.5. The number of aromatic nitrogens is 3. The number of nitrogens with zero attached hydrogens (tertiary/aromatic N) is 5. The molecular weight excluding hydrogens is 1260 g/mol. The van der Waals surface area contributed by atoms with Gasteiger partial charge in [-0.05, 0) is 185 Å². The van der Waals surface area contributed by atoms with Gasteiger partial charge in [-0.15, -0.1) is 0 Å². The van der Waals surface area contributed by atoms with Crippen LogP contribution in [0.2, 0.25) is 5.02 Å². The lowest BCUT2D eigenvalue weighted by atomic mass is 9.33. The van der Waals surface area contributed by atoms with Crippen molar-refractivity contribution in [2.75, 3.05) is 9.80 Å². The van der Waals surface area contributed by atoms with Gasteiger partial charge in [-0.3, -0.25) is 4.57 Å². The molecule has 0 saturated heterocycles. The number of hydrogen-bond acceptors (Lipinski definition) is 3. The third-order valence-electron chi connectivity index (χ3n) is 21.4. The Morgan fingerprint density at radius 1 is 0.294 bits per heavy atom. The van der Waals surface area contributed by atoms with E-state index in [1.54, 1.807) is 0 Å². The lowest BCUT2D eigenvalue weighted by Gasteiger charge is -2.45. The van der Waals surface area contributed by atoms with Crippen LogP contribution in [-0.2, 0) is 16.2 Å². The van der Waals surface area contributed by atoms with Crippen molar-refractivity contribution < 1.29 is 0 Å². The van der Waals surface area contributed by atoms with Gasteiger partial charge in [0.25, 0.3) is 6.71 Å². The molecule has 2 aliphatic heterocycles. The van der Waals surface area contributed by atoms with Gasteiger partial charge >= 0.3 is 0 Å². The van der Waals surface area contributed by atoms with Crippen LogP contribution in [0.15, 0.2) is 303 Å². The van der Waals surface area contributed by atoms with Crippen molar-refractivity contribution in [3.63, 3.8) is 0 Å². The van der Waals surface area contributed by atoms with Crippen LogP contribution in [0.3, 0.4) is 0 Å². The summed E-state index contributed by atoms with van der Waals surface area (Å²) in [5.74, 6) is 0.843. The molecule has 5 heterocycles. The standard InChI is InChI=1S/C95H77BClN5/c1-93(2,3)68-40-43-76-77-44-41-69(94(4,5)6)54-87(77)102(86(76)53-68)91-59-73(99-82-36-24-22-34-74(82)75-35-23-25-37-83(75)99)58-81(98-91)65-39-47-85-80(52-65)96-79-45-42-71(97)57-88(79)100(72-49-66(61-28-16-11-17-29-61)48-67(50-72)62-30-18-12-19-31-62)89-55-70(95(7,8)9)56-90(92(89)96)101(85)84-46-38-64(60-26-14-10-15-27-60)51-78(84)63-32-20-13-21-33-63/h10-59H,1-9H3. The van der Waals surface area contributed by atoms with Crippen molar-refractivity contribution in [3.8, 4) is 67.3 Å². The largest absolute Gasteiger partial charge is 0.311 e. The summed E-state index contributed by atoms with van der Waals surface area (Å²) in [5.41, 5.74) is 29.8. The van der Waals surface area contributed by atoms with E-state index in [9.17, 15) is 0 Å². The number of pyridine rings is 1. The molecule has 16 aromatic rings. The molecule has 18 rings (SSSR count). The van der Waals surface area contributed by atoms with Crippen LogP contribution in [-0.4, -0.2) is 20.8 Å². The Kier molecular flexibility index (Phi) is 14.7. The van der Waals surface area contributed by atoms with Gasteiger partial charge in [0.15, 0.2) is 0 Å². The number of para-hydroxylation sites is 2. The second-order valence-corrected chi connectivity index (χ2v) is 31.4. The molecule has 3 aromatic heterocycles. The summed E-state index contributed by atoms with van der Waals surface area (Å²) in [6.45, 7) is 20.6. The van der Waals surface area contributed by atoms with E-state index in [2.05, 4.69) is 385 Å². The molecule has 5 nitrogen and oxygen atoms in total. The lowest BCUT2D eigenvalue weighted by Crippen LogP contribution is -2.61. The highest BCUT2D eigenvalue weighted by molar-refractivity contribution is 7.00. The third kappa shape index (κ3) is 10.6. The molecule has 0 aliphatic carbocycles. The van der Waals surface area contributed by atoms with Crippen molar-refractivity contribution >= 4 is 112 Å². The minimum absolute atomic E-state index is 0.109. The Morgan fingerprint density at radius 3 is 1.34 bits per heavy atom. The maximum atomic E-state index is 7.47. The molecule has 0 bridgehead atoms. The summed E-state index contributed by atoms with van der Waals surface area (Å²) in [6.07, 6.45) is 0. The topological polar surface area (TPSA) is 29.2 Å². The Hall–Kier alpha value is -11.4. The predicted octanol–water partition coefficient (Wildman–Crippen LogP) is 24.2. The molecule has 0 spiro atoms. The van der Waals surface area contributed by atoms with E-state index in [4.69, 9.17) is 16.6 Å². The van der Waals surface area contributed by atoms with Crippen molar-refractivity contribution in [1.29, 1.82) is 0 Å². The lowest BCUT2D eigenvalue weighted by molar-refractivity contribution is 0.590. The van der Waals surface area contributed by atoms with E-state index in [0.29, 0.717) is 5.02 Å². The number of halogens is 1. The van der Waals surface area contributed by atoms with E-state index < -0.39 is 0 Å². The third-order valence-corrected chi connectivity index (χ3v) is 21.6. The number of benzene rings is 13. The van der Waals surface area contributed by atoms with Gasteiger partial charge in [0.05, 0.1) is 39.1 Å². The first-order valence-electron chi connectivity index (χ1n) is 35.7. The number of rotatable bonds is 9. The van der Waals surface area contributed by atoms with E-state index >= 15 is 0 Å². The van der Waals surface area contributed by atoms with Gasteiger partial charge in [-0.25, -0.2) is 4.98 Å². The van der Waals surface area contributed by atoms with E-state index in [1.165, 1.54) is 43.7 Å². The van der Waals surface area contributed by atoms with Crippen molar-refractivity contribution in [2.45, 2.75) is 78.6 Å². The predicted molar refractivity (Wildman–Crippen MR) is 435 cm³/mol. The first kappa shape index (κ1) is 62.8. The van der Waals surface area contributed by atoms with Crippen LogP contribution in [0.4, 0.5) is 34.1 Å². The molecule has 492 valence electrons. The van der Waals surface area contributed by atoms with Gasteiger partial charge in [0.2, 0.25) is 0 Å². The molecule has 0 unspecified atom stereocenters. The summed E-state index contributed by atoms with van der Waals surface area (Å²) in [5, 5.41) is 5.46. The van der Waals surface area contributed by atoms with Crippen LogP contribution >= 0.6 is 11.6 Å². The molecule has 13 aromatic carbocycles. The molecule has 0 amide bonds. The quantitative estimate of drug-likeness (QED) is 0.135. The summed E-state index contributed by atoms with van der Waals surface area (Å²) >= 11 is 7.47. The molecular formula is C95H77BClN5. The van der Waals surface area contributed by atoms with Crippen LogP contribution in [0, 0.1) is 0 Å². The van der Waals surface area contributed by atoms with Crippen LogP contribution < -0.4 is 26.2 Å². The van der Waals surface area contributed by atoms with Gasteiger partial charge in [-0.1, -0.05) is 280 Å². The van der Waals surface area contributed by atoms with Crippen LogP contribution in [0.5, 0.6) is 0 Å². The highest BCUT2D eigenvalue weighted by atomic mass is 35.5. The fourth-order valence-corrected chi connectivity index (χ4v) is 16.3. The molecule has 0 atom stereocenters. The number of fused-ring (bicyclic) bond motifs is 10. The number of anilines is 6. The van der Waals surface area contributed by atoms with Gasteiger partial charge in [0.1, 0.15) is 5.82 Å². The summed E-state index contributed by atoms with van der Waals surface area (Å²) in [7, 11) is 0. The number of hydrogen-bond donors (Lipinski definition) is 0. The molecule has 7 heteroatoms. The monoisotopic (exact) mass is 1330 g/mol. The van der Waals surface area contributed by atoms with Gasteiger partial charge in [0, 0.05) is 66.6 Å². The Labute approximate surface area is 603 Å². The second-order valence-electron chi connectivity index (χ2n) is 31.0. The average Bonchev–Trinajstić information content (AvgIpc) is 0.966. The van der Waals surface area contributed by atoms with Crippen molar-refractivity contribution in [3.05, 3.63) is 325 Å². The molecule has 102 heavy (non-hydrogen) atoms. The van der Waals surface area contributed by atoms with Gasteiger partial charge < -0.3 is 14.4 Å². The normalized spacial score (nSPS) is 12.9. The SMILES string of the molecule is CC(C)(C)c1cc2c3c(c1)N(c1ccc(-c4ccccc4)cc1-c1ccccc1)c1ccc(-c4cc(-n5c6ccccc6c6ccccc65)cc(-n5c6cc(C(C)(C)C)ccc6c6ccc(C(C)(C)C)cc65)n4)cc1B3c1ccc(Cl)cc1N2c1cc(-c2ccccc2)cc(-c2ccccc2)c1. The zero-order valence-electron chi connectivity index (χ0n) is 59.1. The van der Waals surface area contributed by atoms with Crippen LogP contribution in [0.1, 0.15) is 79.0 Å². The fourth-order valence-electron chi connectivity index (χ4n) is 16.1.